The largest absolute Gasteiger partial charge is 0.390 e. The van der Waals surface area contributed by atoms with Crippen molar-refractivity contribution < 1.29 is 14.4 Å². The highest BCUT2D eigenvalue weighted by molar-refractivity contribution is 5.92. The van der Waals surface area contributed by atoms with Crippen molar-refractivity contribution in [3.63, 3.8) is 0 Å². The second-order valence-corrected chi connectivity index (χ2v) is 6.03. The Labute approximate surface area is 139 Å². The number of aliphatic hydroxyl groups excluding tert-OH is 1. The van der Waals surface area contributed by atoms with Crippen molar-refractivity contribution in [3.05, 3.63) is 41.0 Å². The van der Waals surface area contributed by atoms with Crippen molar-refractivity contribution in [2.45, 2.75) is 32.0 Å². The Bertz CT molecular complexity index is 760. The summed E-state index contributed by atoms with van der Waals surface area (Å²) in [4.78, 5) is 17.1. The summed E-state index contributed by atoms with van der Waals surface area (Å²) < 4.78 is 4.89. The molecule has 1 aliphatic rings. The first-order valence-electron chi connectivity index (χ1n) is 7.77. The molecule has 8 nitrogen and oxygen atoms in total. The number of piperidine rings is 1. The van der Waals surface area contributed by atoms with Gasteiger partial charge in [0.15, 0.2) is 5.69 Å². The fraction of sp³-hybridized carbons (Fsp3) is 0.438. The van der Waals surface area contributed by atoms with Crippen molar-refractivity contribution in [2.75, 3.05) is 13.1 Å². The fourth-order valence-corrected chi connectivity index (χ4v) is 2.88. The van der Waals surface area contributed by atoms with E-state index in [0.717, 1.165) is 12.1 Å². The quantitative estimate of drug-likeness (QED) is 0.754. The van der Waals surface area contributed by atoms with E-state index in [0.29, 0.717) is 31.0 Å². The van der Waals surface area contributed by atoms with Crippen molar-refractivity contribution in [1.29, 1.82) is 5.26 Å². The molecule has 1 fully saturated rings. The number of likely N-dealkylation sites (tertiary alicyclic amines) is 1. The first-order chi connectivity index (χ1) is 11.5. The number of aromatic nitrogens is 2. The minimum atomic E-state index is -0.662. The van der Waals surface area contributed by atoms with Crippen molar-refractivity contribution in [1.82, 2.24) is 20.4 Å². The van der Waals surface area contributed by atoms with Crippen LogP contribution in [0.2, 0.25) is 0 Å². The van der Waals surface area contributed by atoms with Gasteiger partial charge in [0.2, 0.25) is 0 Å². The average Bonchev–Trinajstić information content (AvgIpc) is 3.19. The van der Waals surface area contributed by atoms with Crippen LogP contribution in [0.5, 0.6) is 0 Å². The highest BCUT2D eigenvalue weighted by atomic mass is 16.5. The number of aliphatic hydroxyl groups is 1. The number of nitrogens with one attached hydrogen (secondary N) is 2. The van der Waals surface area contributed by atoms with E-state index in [2.05, 4.69) is 26.4 Å². The van der Waals surface area contributed by atoms with Crippen LogP contribution in [0.1, 0.15) is 33.9 Å². The van der Waals surface area contributed by atoms with Crippen LogP contribution < -0.4 is 5.32 Å². The number of carbonyl (C=O) groups is 1. The fourth-order valence-electron chi connectivity index (χ4n) is 2.88. The van der Waals surface area contributed by atoms with E-state index in [9.17, 15) is 9.90 Å². The minimum Gasteiger partial charge on any atom is -0.390 e. The lowest BCUT2D eigenvalue weighted by Crippen LogP contribution is -2.53. The predicted molar refractivity (Wildman–Crippen MR) is 83.9 cm³/mol. The first-order valence-corrected chi connectivity index (χ1v) is 7.77. The summed E-state index contributed by atoms with van der Waals surface area (Å²) in [5.41, 5.74) is 1.74. The Kier molecular flexibility index (Phi) is 4.64. The SMILES string of the molecule is Cc1cc(C(=O)N[C@H]2CCN(Cc3c[nH]c(C#N)c3)C[C@@H]2O)no1. The monoisotopic (exact) mass is 329 g/mol. The molecule has 0 aliphatic carbocycles. The van der Waals surface area contributed by atoms with E-state index in [4.69, 9.17) is 9.78 Å². The highest BCUT2D eigenvalue weighted by Gasteiger charge is 2.29. The van der Waals surface area contributed by atoms with Gasteiger partial charge in [-0.3, -0.25) is 9.69 Å². The molecule has 0 bridgehead atoms. The van der Waals surface area contributed by atoms with E-state index in [1.807, 2.05) is 0 Å². The highest BCUT2D eigenvalue weighted by Crippen LogP contribution is 2.16. The lowest BCUT2D eigenvalue weighted by molar-refractivity contribution is 0.0348. The first kappa shape index (κ1) is 16.2. The van der Waals surface area contributed by atoms with Crippen LogP contribution in [-0.4, -0.2) is 51.3 Å². The van der Waals surface area contributed by atoms with E-state index < -0.39 is 6.10 Å². The zero-order valence-corrected chi connectivity index (χ0v) is 13.3. The van der Waals surface area contributed by atoms with Crippen molar-refractivity contribution in [3.8, 4) is 6.07 Å². The van der Waals surface area contributed by atoms with Gasteiger partial charge in [-0.1, -0.05) is 5.16 Å². The normalized spacial score (nSPS) is 21.4. The standard InChI is InChI=1S/C16H19N5O3/c1-10-4-14(20-24-10)16(23)19-13-2-3-21(9-15(13)22)8-11-5-12(6-17)18-7-11/h4-5,7,13,15,18,22H,2-3,8-9H2,1H3,(H,19,23)/t13-,15-/m0/s1. The number of β-amino-alcohol motifs (C(OH)–C–C–N with tert-alkyl or cyclic N) is 1. The molecule has 1 aliphatic heterocycles. The Hall–Kier alpha value is -2.63. The molecule has 0 unspecified atom stereocenters. The Morgan fingerprint density at radius 1 is 1.62 bits per heavy atom. The molecule has 0 saturated carbocycles. The molecule has 1 amide bonds. The summed E-state index contributed by atoms with van der Waals surface area (Å²) in [6.07, 6.45) is 1.77. The molecule has 126 valence electrons. The van der Waals surface area contributed by atoms with Crippen LogP contribution in [0.25, 0.3) is 0 Å². The Balaban J connectivity index is 1.53. The third-order valence-electron chi connectivity index (χ3n) is 4.11. The molecule has 3 rings (SSSR count). The van der Waals surface area contributed by atoms with Gasteiger partial charge in [-0.25, -0.2) is 0 Å². The van der Waals surface area contributed by atoms with Gasteiger partial charge in [-0.05, 0) is 25.0 Å². The average molecular weight is 329 g/mol. The zero-order valence-electron chi connectivity index (χ0n) is 13.3. The van der Waals surface area contributed by atoms with Gasteiger partial charge in [0, 0.05) is 31.9 Å². The van der Waals surface area contributed by atoms with Crippen LogP contribution in [0.4, 0.5) is 0 Å². The van der Waals surface area contributed by atoms with Gasteiger partial charge < -0.3 is 19.9 Å². The zero-order chi connectivity index (χ0) is 17.1. The van der Waals surface area contributed by atoms with Crippen molar-refractivity contribution >= 4 is 5.91 Å². The lowest BCUT2D eigenvalue weighted by atomic mass is 10.0. The number of aromatic amines is 1. The lowest BCUT2D eigenvalue weighted by Gasteiger charge is -2.36. The number of rotatable bonds is 4. The summed E-state index contributed by atoms with van der Waals surface area (Å²) in [7, 11) is 0. The van der Waals surface area contributed by atoms with E-state index >= 15 is 0 Å². The van der Waals surface area contributed by atoms with Gasteiger partial charge >= 0.3 is 0 Å². The number of nitrogens with zero attached hydrogens (tertiary/aromatic N) is 3. The molecule has 2 aromatic heterocycles. The number of hydrogen-bond donors (Lipinski definition) is 3. The van der Waals surface area contributed by atoms with Crippen molar-refractivity contribution in [2.24, 2.45) is 0 Å². The van der Waals surface area contributed by atoms with Crippen LogP contribution in [-0.2, 0) is 6.54 Å². The second-order valence-electron chi connectivity index (χ2n) is 6.03. The van der Waals surface area contributed by atoms with E-state index in [1.54, 1.807) is 25.3 Å². The third kappa shape index (κ3) is 3.64. The van der Waals surface area contributed by atoms with E-state index in [-0.39, 0.29) is 17.6 Å². The second kappa shape index (κ2) is 6.86. The topological polar surface area (TPSA) is 118 Å². The number of amides is 1. The molecule has 3 N–H and O–H groups in total. The number of hydrogen-bond acceptors (Lipinski definition) is 6. The van der Waals surface area contributed by atoms with Gasteiger partial charge in [0.05, 0.1) is 12.1 Å². The molecule has 0 radical (unpaired) electrons. The molecular weight excluding hydrogens is 310 g/mol. The summed E-state index contributed by atoms with van der Waals surface area (Å²) in [5.74, 6) is 0.229. The van der Waals surface area contributed by atoms with Crippen LogP contribution in [0.3, 0.4) is 0 Å². The summed E-state index contributed by atoms with van der Waals surface area (Å²) in [6.45, 7) is 3.57. The van der Waals surface area contributed by atoms with Gasteiger partial charge in [-0.2, -0.15) is 5.26 Å². The third-order valence-corrected chi connectivity index (χ3v) is 4.11. The molecule has 8 heteroatoms. The molecule has 24 heavy (non-hydrogen) atoms. The maximum absolute atomic E-state index is 12.1. The maximum atomic E-state index is 12.1. The predicted octanol–water partition coefficient (Wildman–Crippen LogP) is 0.548. The van der Waals surface area contributed by atoms with Gasteiger partial charge in [0.1, 0.15) is 17.5 Å². The number of carbonyl (C=O) groups excluding carboxylic acids is 1. The molecule has 3 heterocycles. The van der Waals surface area contributed by atoms with Gasteiger partial charge in [-0.15, -0.1) is 0 Å². The maximum Gasteiger partial charge on any atom is 0.273 e. The molecule has 2 aromatic rings. The molecular formula is C16H19N5O3. The molecule has 0 spiro atoms. The number of nitriles is 1. The summed E-state index contributed by atoms with van der Waals surface area (Å²) in [5, 5.41) is 25.6. The van der Waals surface area contributed by atoms with Crippen LogP contribution >= 0.6 is 0 Å². The smallest absolute Gasteiger partial charge is 0.273 e. The van der Waals surface area contributed by atoms with Gasteiger partial charge in [0.25, 0.3) is 5.91 Å². The van der Waals surface area contributed by atoms with Crippen LogP contribution in [0.15, 0.2) is 22.9 Å². The molecule has 0 aromatic carbocycles. The molecule has 2 atom stereocenters. The van der Waals surface area contributed by atoms with Crippen LogP contribution in [0, 0.1) is 18.3 Å². The Morgan fingerprint density at radius 3 is 3.08 bits per heavy atom. The number of H-pyrrole nitrogens is 1. The molecule has 1 saturated heterocycles. The minimum absolute atomic E-state index is 0.221. The summed E-state index contributed by atoms with van der Waals surface area (Å²) >= 11 is 0. The summed E-state index contributed by atoms with van der Waals surface area (Å²) in [6, 6.07) is 5.11. The van der Waals surface area contributed by atoms with E-state index in [1.165, 1.54) is 0 Å². The number of aryl methyl sites for hydroxylation is 1. The Morgan fingerprint density at radius 2 is 2.46 bits per heavy atom.